The number of benzene rings is 1. The summed E-state index contributed by atoms with van der Waals surface area (Å²) in [5.74, 6) is -0.234. The molecule has 5 heteroatoms. The average molecular weight is 250 g/mol. The van der Waals surface area contributed by atoms with Crippen LogP contribution in [-0.2, 0) is 0 Å². The van der Waals surface area contributed by atoms with Gasteiger partial charge in [-0.05, 0) is 29.6 Å². The van der Waals surface area contributed by atoms with Crippen LogP contribution in [0.2, 0.25) is 0 Å². The van der Waals surface area contributed by atoms with Gasteiger partial charge in [0.15, 0.2) is 0 Å². The van der Waals surface area contributed by atoms with Gasteiger partial charge in [-0.3, -0.25) is 0 Å². The fourth-order valence-corrected chi connectivity index (χ4v) is 3.41. The zero-order valence-corrected chi connectivity index (χ0v) is 9.74. The zero-order valence-electron chi connectivity index (χ0n) is 8.11. The van der Waals surface area contributed by atoms with Gasteiger partial charge in [0.25, 0.3) is 0 Å². The number of thiophene rings is 1. The van der Waals surface area contributed by atoms with E-state index in [2.05, 4.69) is 4.98 Å². The van der Waals surface area contributed by atoms with E-state index in [4.69, 9.17) is 5.73 Å². The van der Waals surface area contributed by atoms with Crippen molar-refractivity contribution in [2.24, 2.45) is 0 Å². The largest absolute Gasteiger partial charge is 0.397 e. The highest BCUT2D eigenvalue weighted by Crippen LogP contribution is 2.36. The van der Waals surface area contributed by atoms with Crippen LogP contribution >= 0.6 is 22.7 Å². The fourth-order valence-electron chi connectivity index (χ4n) is 1.49. The molecular weight excluding hydrogens is 243 g/mol. The van der Waals surface area contributed by atoms with Crippen LogP contribution in [0.1, 0.15) is 0 Å². The molecule has 2 nitrogen and oxygen atoms in total. The molecule has 0 aliphatic carbocycles. The Morgan fingerprint density at radius 3 is 2.88 bits per heavy atom. The molecule has 0 radical (unpaired) electrons. The Bertz CT molecular complexity index is 657. The first-order chi connectivity index (χ1) is 7.74. The van der Waals surface area contributed by atoms with Gasteiger partial charge in [0, 0.05) is 0 Å². The number of nitrogen functional groups attached to an aromatic ring is 1. The van der Waals surface area contributed by atoms with Crippen molar-refractivity contribution < 1.29 is 4.39 Å². The topological polar surface area (TPSA) is 38.9 Å². The van der Waals surface area contributed by atoms with Gasteiger partial charge in [0.2, 0.25) is 0 Å². The molecule has 2 aromatic heterocycles. The Labute approximate surface area is 99.2 Å². The Morgan fingerprint density at radius 1 is 1.25 bits per heavy atom. The molecule has 80 valence electrons. The first kappa shape index (κ1) is 9.74. The summed E-state index contributed by atoms with van der Waals surface area (Å²) < 4.78 is 13.9. The predicted molar refractivity (Wildman–Crippen MR) is 67.3 cm³/mol. The maximum atomic E-state index is 13.0. The zero-order chi connectivity index (χ0) is 11.1. The number of nitrogens with zero attached hydrogens (tertiary/aromatic N) is 1. The van der Waals surface area contributed by atoms with Gasteiger partial charge in [-0.25, -0.2) is 9.37 Å². The summed E-state index contributed by atoms with van der Waals surface area (Å²) in [6, 6.07) is 6.46. The molecule has 0 aliphatic rings. The van der Waals surface area contributed by atoms with E-state index in [-0.39, 0.29) is 5.82 Å². The van der Waals surface area contributed by atoms with Crippen molar-refractivity contribution in [2.75, 3.05) is 5.73 Å². The monoisotopic (exact) mass is 250 g/mol. The number of thiazole rings is 1. The van der Waals surface area contributed by atoms with Crippen LogP contribution in [-0.4, -0.2) is 4.98 Å². The standard InChI is InChI=1S/C11H7FN2S2/c12-6-1-2-8-9(5-6)16-11(14-8)10-7(13)3-4-15-10/h1-5H,13H2. The van der Waals surface area contributed by atoms with Crippen LogP contribution in [0, 0.1) is 5.82 Å². The third kappa shape index (κ3) is 1.48. The van der Waals surface area contributed by atoms with E-state index in [9.17, 15) is 4.39 Å². The summed E-state index contributed by atoms with van der Waals surface area (Å²) in [6.07, 6.45) is 0. The van der Waals surface area contributed by atoms with Gasteiger partial charge in [-0.15, -0.1) is 22.7 Å². The Kier molecular flexibility index (Phi) is 2.15. The van der Waals surface area contributed by atoms with E-state index >= 15 is 0 Å². The van der Waals surface area contributed by atoms with E-state index in [0.29, 0.717) is 0 Å². The second kappa shape index (κ2) is 3.54. The van der Waals surface area contributed by atoms with Gasteiger partial charge < -0.3 is 5.73 Å². The molecule has 3 aromatic rings. The SMILES string of the molecule is Nc1ccsc1-c1nc2ccc(F)cc2s1. The molecule has 0 amide bonds. The van der Waals surface area contributed by atoms with Gasteiger partial charge in [0.1, 0.15) is 10.8 Å². The van der Waals surface area contributed by atoms with Crippen LogP contribution in [0.3, 0.4) is 0 Å². The fraction of sp³-hybridized carbons (Fsp3) is 0. The normalized spacial score (nSPS) is 11.1. The van der Waals surface area contributed by atoms with Gasteiger partial charge in [-0.1, -0.05) is 0 Å². The molecule has 3 rings (SSSR count). The van der Waals surface area contributed by atoms with Gasteiger partial charge >= 0.3 is 0 Å². The molecule has 2 N–H and O–H groups in total. The van der Waals surface area contributed by atoms with E-state index in [1.165, 1.54) is 23.5 Å². The van der Waals surface area contributed by atoms with Crippen molar-refractivity contribution in [2.45, 2.75) is 0 Å². The average Bonchev–Trinajstić information content (AvgIpc) is 2.82. The summed E-state index contributed by atoms with van der Waals surface area (Å²) in [4.78, 5) is 5.40. The highest BCUT2D eigenvalue weighted by Gasteiger charge is 2.10. The van der Waals surface area contributed by atoms with Crippen molar-refractivity contribution >= 4 is 38.6 Å². The highest BCUT2D eigenvalue weighted by molar-refractivity contribution is 7.25. The quantitative estimate of drug-likeness (QED) is 0.714. The maximum absolute atomic E-state index is 13.0. The number of halogens is 1. The number of anilines is 1. The molecule has 0 saturated heterocycles. The smallest absolute Gasteiger partial charge is 0.136 e. The summed E-state index contributed by atoms with van der Waals surface area (Å²) in [5.41, 5.74) is 7.37. The minimum Gasteiger partial charge on any atom is -0.397 e. The Morgan fingerprint density at radius 2 is 2.12 bits per heavy atom. The lowest BCUT2D eigenvalue weighted by Crippen LogP contribution is -1.82. The van der Waals surface area contributed by atoms with Crippen LogP contribution in [0.5, 0.6) is 0 Å². The number of nitrogens with two attached hydrogens (primary N) is 1. The van der Waals surface area contributed by atoms with Crippen LogP contribution in [0.25, 0.3) is 20.1 Å². The molecule has 0 unspecified atom stereocenters. The summed E-state index contributed by atoms with van der Waals surface area (Å²) in [7, 11) is 0. The second-order valence-electron chi connectivity index (χ2n) is 3.34. The van der Waals surface area contributed by atoms with Crippen molar-refractivity contribution in [3.8, 4) is 9.88 Å². The van der Waals surface area contributed by atoms with Crippen molar-refractivity contribution in [1.82, 2.24) is 4.98 Å². The van der Waals surface area contributed by atoms with E-state index in [1.807, 2.05) is 11.4 Å². The van der Waals surface area contributed by atoms with E-state index in [1.54, 1.807) is 17.4 Å². The summed E-state index contributed by atoms with van der Waals surface area (Å²) in [6.45, 7) is 0. The number of hydrogen-bond donors (Lipinski definition) is 1. The number of aromatic nitrogens is 1. The highest BCUT2D eigenvalue weighted by atomic mass is 32.1. The molecule has 0 aliphatic heterocycles. The molecule has 0 saturated carbocycles. The van der Waals surface area contributed by atoms with Crippen LogP contribution in [0.4, 0.5) is 10.1 Å². The minimum absolute atomic E-state index is 0.234. The lowest BCUT2D eigenvalue weighted by molar-refractivity contribution is 0.630. The van der Waals surface area contributed by atoms with Crippen LogP contribution in [0.15, 0.2) is 29.6 Å². The molecular formula is C11H7FN2S2. The van der Waals surface area contributed by atoms with Gasteiger partial charge in [0.05, 0.1) is 20.8 Å². The maximum Gasteiger partial charge on any atom is 0.136 e. The number of rotatable bonds is 1. The lowest BCUT2D eigenvalue weighted by atomic mass is 10.3. The molecule has 0 atom stereocenters. The van der Waals surface area contributed by atoms with Crippen molar-refractivity contribution in [3.63, 3.8) is 0 Å². The number of hydrogen-bond acceptors (Lipinski definition) is 4. The van der Waals surface area contributed by atoms with Gasteiger partial charge in [-0.2, -0.15) is 0 Å². The second-order valence-corrected chi connectivity index (χ2v) is 5.28. The lowest BCUT2D eigenvalue weighted by Gasteiger charge is -1.90. The number of fused-ring (bicyclic) bond motifs is 1. The summed E-state index contributed by atoms with van der Waals surface area (Å²) in [5, 5.41) is 2.78. The van der Waals surface area contributed by atoms with E-state index < -0.39 is 0 Å². The first-order valence-electron chi connectivity index (χ1n) is 4.63. The molecule has 2 heterocycles. The molecule has 0 bridgehead atoms. The third-order valence-electron chi connectivity index (χ3n) is 2.24. The Balaban J connectivity index is 2.23. The minimum atomic E-state index is -0.234. The third-order valence-corrected chi connectivity index (χ3v) is 4.34. The van der Waals surface area contributed by atoms with E-state index in [0.717, 1.165) is 25.8 Å². The summed E-state index contributed by atoms with van der Waals surface area (Å²) >= 11 is 3.01. The molecule has 1 aromatic carbocycles. The molecule has 0 fully saturated rings. The first-order valence-corrected chi connectivity index (χ1v) is 6.33. The molecule has 16 heavy (non-hydrogen) atoms. The predicted octanol–water partition coefficient (Wildman–Crippen LogP) is 3.75. The van der Waals surface area contributed by atoms with Crippen LogP contribution < -0.4 is 5.73 Å². The van der Waals surface area contributed by atoms with Crippen molar-refractivity contribution in [3.05, 3.63) is 35.5 Å². The van der Waals surface area contributed by atoms with Crippen molar-refractivity contribution in [1.29, 1.82) is 0 Å². The Hall–Kier alpha value is -1.46. The molecule has 0 spiro atoms.